The van der Waals surface area contributed by atoms with E-state index in [2.05, 4.69) is 5.32 Å². The second-order valence-corrected chi connectivity index (χ2v) is 9.45. The van der Waals surface area contributed by atoms with Gasteiger partial charge in [-0.15, -0.1) is 0 Å². The Morgan fingerprint density at radius 3 is 2.79 bits per heavy atom. The zero-order valence-corrected chi connectivity index (χ0v) is 14.6. The summed E-state index contributed by atoms with van der Waals surface area (Å²) in [5.74, 6) is 2.37. The maximum absolute atomic E-state index is 12.5. The van der Waals surface area contributed by atoms with Gasteiger partial charge in [-0.1, -0.05) is 12.5 Å². The first-order valence-electron chi connectivity index (χ1n) is 8.91. The van der Waals surface area contributed by atoms with Crippen molar-refractivity contribution >= 4 is 21.6 Å². The van der Waals surface area contributed by atoms with Crippen molar-refractivity contribution in [2.45, 2.75) is 32.1 Å². The lowest BCUT2D eigenvalue weighted by Crippen LogP contribution is -2.32. The van der Waals surface area contributed by atoms with Crippen molar-refractivity contribution < 1.29 is 13.2 Å². The highest BCUT2D eigenvalue weighted by molar-refractivity contribution is 7.93. The molecule has 1 N–H and O–H groups in total. The highest BCUT2D eigenvalue weighted by atomic mass is 32.2. The number of hydrogen-bond donors (Lipinski definition) is 1. The quantitative estimate of drug-likeness (QED) is 0.908. The Morgan fingerprint density at radius 2 is 2.12 bits per heavy atom. The highest BCUT2D eigenvalue weighted by Crippen LogP contribution is 2.47. The zero-order valence-electron chi connectivity index (χ0n) is 13.8. The van der Waals surface area contributed by atoms with E-state index in [4.69, 9.17) is 0 Å². The predicted octanol–water partition coefficient (Wildman–Crippen LogP) is 2.39. The number of rotatable bonds is 4. The fraction of sp³-hybridized carbons (Fsp3) is 0.611. The molecule has 0 unspecified atom stereocenters. The molecule has 1 heterocycles. The lowest BCUT2D eigenvalue weighted by molar-refractivity contribution is 0.0942. The van der Waals surface area contributed by atoms with Gasteiger partial charge in [-0.25, -0.2) is 8.42 Å². The van der Waals surface area contributed by atoms with Crippen LogP contribution in [-0.2, 0) is 10.0 Å². The molecule has 130 valence electrons. The molecule has 4 rings (SSSR count). The molecule has 5 nitrogen and oxygen atoms in total. The lowest BCUT2D eigenvalue weighted by atomic mass is 9.89. The van der Waals surface area contributed by atoms with Gasteiger partial charge < -0.3 is 5.32 Å². The highest BCUT2D eigenvalue weighted by Gasteiger charge is 2.39. The number of nitrogens with zero attached hydrogens (tertiary/aromatic N) is 1. The number of hydrogen-bond acceptors (Lipinski definition) is 3. The largest absolute Gasteiger partial charge is 0.352 e. The molecule has 0 spiro atoms. The van der Waals surface area contributed by atoms with Crippen molar-refractivity contribution in [2.75, 3.05) is 23.1 Å². The molecule has 2 aliphatic carbocycles. The maximum atomic E-state index is 12.5. The first-order chi connectivity index (χ1) is 11.5. The summed E-state index contributed by atoms with van der Waals surface area (Å²) in [4.78, 5) is 12.5. The third-order valence-electron chi connectivity index (χ3n) is 5.90. The summed E-state index contributed by atoms with van der Waals surface area (Å²) in [7, 11) is -3.21. The van der Waals surface area contributed by atoms with Crippen LogP contribution < -0.4 is 9.62 Å². The number of fused-ring (bicyclic) bond motifs is 2. The van der Waals surface area contributed by atoms with Gasteiger partial charge in [0.1, 0.15) is 0 Å². The van der Waals surface area contributed by atoms with Gasteiger partial charge in [0.05, 0.1) is 11.4 Å². The molecule has 24 heavy (non-hydrogen) atoms. The first-order valence-corrected chi connectivity index (χ1v) is 10.5. The van der Waals surface area contributed by atoms with E-state index >= 15 is 0 Å². The van der Waals surface area contributed by atoms with Crippen LogP contribution in [0.3, 0.4) is 0 Å². The van der Waals surface area contributed by atoms with Crippen LogP contribution in [0.15, 0.2) is 24.3 Å². The molecular formula is C18H24N2O3S. The molecule has 1 aromatic carbocycles. The van der Waals surface area contributed by atoms with Gasteiger partial charge in [-0.2, -0.15) is 0 Å². The van der Waals surface area contributed by atoms with Gasteiger partial charge in [-0.3, -0.25) is 9.10 Å². The average Bonchev–Trinajstić information content (AvgIpc) is 3.27. The Hall–Kier alpha value is -1.56. The fourth-order valence-electron chi connectivity index (χ4n) is 4.68. The van der Waals surface area contributed by atoms with Gasteiger partial charge in [0, 0.05) is 18.7 Å². The Kier molecular flexibility index (Phi) is 4.03. The van der Waals surface area contributed by atoms with Crippen LogP contribution in [0.2, 0.25) is 0 Å². The van der Waals surface area contributed by atoms with Crippen molar-refractivity contribution in [2.24, 2.45) is 17.8 Å². The first kappa shape index (κ1) is 15.9. The van der Waals surface area contributed by atoms with Gasteiger partial charge >= 0.3 is 0 Å². The van der Waals surface area contributed by atoms with Crippen molar-refractivity contribution in [3.8, 4) is 0 Å². The molecule has 0 radical (unpaired) electrons. The van der Waals surface area contributed by atoms with Crippen LogP contribution in [0.4, 0.5) is 5.69 Å². The van der Waals surface area contributed by atoms with Crippen LogP contribution in [0.1, 0.15) is 42.5 Å². The minimum absolute atomic E-state index is 0.101. The number of carbonyl (C=O) groups is 1. The summed E-state index contributed by atoms with van der Waals surface area (Å²) in [5, 5.41) is 3.06. The zero-order chi connectivity index (χ0) is 16.7. The van der Waals surface area contributed by atoms with Crippen LogP contribution in [-0.4, -0.2) is 33.2 Å². The second kappa shape index (κ2) is 6.06. The number of carbonyl (C=O) groups excluding carboxylic acids is 1. The second-order valence-electron chi connectivity index (χ2n) is 7.44. The Bertz CT molecular complexity index is 746. The smallest absolute Gasteiger partial charge is 0.251 e. The molecule has 0 aromatic heterocycles. The van der Waals surface area contributed by atoms with Gasteiger partial charge in [0.25, 0.3) is 5.91 Å². The number of anilines is 1. The van der Waals surface area contributed by atoms with Crippen molar-refractivity contribution in [1.29, 1.82) is 0 Å². The van der Waals surface area contributed by atoms with Gasteiger partial charge in [0.2, 0.25) is 10.0 Å². The fourth-order valence-corrected chi connectivity index (χ4v) is 6.24. The minimum Gasteiger partial charge on any atom is -0.352 e. The van der Waals surface area contributed by atoms with Crippen molar-refractivity contribution in [1.82, 2.24) is 5.32 Å². The van der Waals surface area contributed by atoms with Gasteiger partial charge in [0.15, 0.2) is 0 Å². The number of nitrogens with one attached hydrogen (secondary N) is 1. The predicted molar refractivity (Wildman–Crippen MR) is 93.5 cm³/mol. The number of benzene rings is 1. The standard InChI is InChI=1S/C18H24N2O3S/c21-18(19-12-16-10-13-5-6-14(16)9-13)15-3-1-4-17(11-15)20-7-2-8-24(20,22)23/h1,3-4,11,13-14,16H,2,5-10,12H2,(H,19,21)/t13-,14-,16-/m0/s1. The topological polar surface area (TPSA) is 66.5 Å². The molecule has 1 saturated heterocycles. The summed E-state index contributed by atoms with van der Waals surface area (Å²) in [6, 6.07) is 6.96. The summed E-state index contributed by atoms with van der Waals surface area (Å²) in [6.07, 6.45) is 5.90. The molecule has 2 saturated carbocycles. The molecule has 1 amide bonds. The maximum Gasteiger partial charge on any atom is 0.251 e. The van der Waals surface area contributed by atoms with E-state index in [-0.39, 0.29) is 11.7 Å². The van der Waals surface area contributed by atoms with Crippen LogP contribution in [0.25, 0.3) is 0 Å². The van der Waals surface area contributed by atoms with E-state index in [9.17, 15) is 13.2 Å². The monoisotopic (exact) mass is 348 g/mol. The van der Waals surface area contributed by atoms with Crippen molar-refractivity contribution in [3.63, 3.8) is 0 Å². The van der Waals surface area contributed by atoms with Crippen LogP contribution in [0, 0.1) is 17.8 Å². The molecule has 1 aromatic rings. The molecule has 2 bridgehead atoms. The summed E-state index contributed by atoms with van der Waals surface area (Å²) >= 11 is 0. The third-order valence-corrected chi connectivity index (χ3v) is 7.77. The Morgan fingerprint density at radius 1 is 1.25 bits per heavy atom. The van der Waals surface area contributed by atoms with Crippen LogP contribution in [0.5, 0.6) is 0 Å². The van der Waals surface area contributed by atoms with E-state index in [0.717, 1.165) is 18.4 Å². The number of amides is 1. The minimum atomic E-state index is -3.21. The Balaban J connectivity index is 1.42. The Labute approximate surface area is 143 Å². The summed E-state index contributed by atoms with van der Waals surface area (Å²) < 4.78 is 25.5. The van der Waals surface area contributed by atoms with E-state index in [1.54, 1.807) is 24.3 Å². The average molecular weight is 348 g/mol. The summed E-state index contributed by atoms with van der Waals surface area (Å²) in [5.41, 5.74) is 1.14. The van der Waals surface area contributed by atoms with E-state index in [1.807, 2.05) is 0 Å². The lowest BCUT2D eigenvalue weighted by Gasteiger charge is -2.22. The summed E-state index contributed by atoms with van der Waals surface area (Å²) in [6.45, 7) is 1.24. The SMILES string of the molecule is O=C(NC[C@@H]1C[C@H]2CC[C@H]1C2)c1cccc(N2CCCS2(=O)=O)c1. The van der Waals surface area contributed by atoms with E-state index in [0.29, 0.717) is 30.1 Å². The molecule has 3 atom stereocenters. The normalized spacial score (nSPS) is 30.7. The molecule has 3 aliphatic rings. The van der Waals surface area contributed by atoms with E-state index < -0.39 is 10.0 Å². The van der Waals surface area contributed by atoms with Crippen LogP contribution >= 0.6 is 0 Å². The third kappa shape index (κ3) is 2.92. The molecular weight excluding hydrogens is 324 g/mol. The molecule has 3 fully saturated rings. The van der Waals surface area contributed by atoms with Crippen molar-refractivity contribution in [3.05, 3.63) is 29.8 Å². The van der Waals surface area contributed by atoms with E-state index in [1.165, 1.54) is 30.0 Å². The molecule has 1 aliphatic heterocycles. The number of sulfonamides is 1. The molecule has 6 heteroatoms. The van der Waals surface area contributed by atoms with Gasteiger partial charge in [-0.05, 0) is 61.6 Å².